The van der Waals surface area contributed by atoms with Crippen LogP contribution in [0.1, 0.15) is 17.3 Å². The fraction of sp³-hybridized carbons (Fsp3) is 0.0588. The molecule has 0 saturated carbocycles. The molecule has 0 unspecified atom stereocenters. The van der Waals surface area contributed by atoms with Gasteiger partial charge in [-0.3, -0.25) is 25.6 Å². The number of aromatic hydroxyl groups is 1. The Morgan fingerprint density at radius 1 is 1.27 bits per heavy atom. The summed E-state index contributed by atoms with van der Waals surface area (Å²) in [6.45, 7) is 8.42. The van der Waals surface area contributed by atoms with Gasteiger partial charge in [0.05, 0.1) is 17.2 Å². The molecule has 9 heteroatoms. The topological polar surface area (TPSA) is 107 Å². The standard InChI is InChI=1S/C17H12ClFN4O3/c1-8(24)22-17(20)23-16(26)14-12(25)7-6-11(21-2)13(14)9-4-3-5-10(19)15(9)18/h3-7,25H,1H3,(H3,20,22,23,24,26). The molecule has 0 aliphatic heterocycles. The molecule has 0 aliphatic rings. The lowest BCUT2D eigenvalue weighted by atomic mass is 9.96. The zero-order valence-corrected chi connectivity index (χ0v) is 14.1. The summed E-state index contributed by atoms with van der Waals surface area (Å²) in [4.78, 5) is 26.8. The van der Waals surface area contributed by atoms with E-state index < -0.39 is 29.3 Å². The molecule has 7 nitrogen and oxygen atoms in total. The number of rotatable bonds is 2. The van der Waals surface area contributed by atoms with Gasteiger partial charge < -0.3 is 5.11 Å². The van der Waals surface area contributed by atoms with E-state index in [9.17, 15) is 19.1 Å². The molecule has 0 saturated heterocycles. The fourth-order valence-electron chi connectivity index (χ4n) is 2.26. The van der Waals surface area contributed by atoms with Crippen molar-refractivity contribution in [3.05, 3.63) is 58.2 Å². The third-order valence-corrected chi connectivity index (χ3v) is 3.65. The van der Waals surface area contributed by atoms with Crippen LogP contribution in [0.3, 0.4) is 0 Å². The molecular weight excluding hydrogens is 363 g/mol. The highest BCUT2D eigenvalue weighted by Gasteiger charge is 2.24. The number of halogens is 2. The maximum absolute atomic E-state index is 13.8. The lowest BCUT2D eigenvalue weighted by Crippen LogP contribution is -2.42. The summed E-state index contributed by atoms with van der Waals surface area (Å²) in [5.74, 6) is -3.43. The molecule has 0 spiro atoms. The first-order valence-corrected chi connectivity index (χ1v) is 7.49. The first kappa shape index (κ1) is 18.9. The number of amides is 2. The second-order valence-corrected chi connectivity index (χ2v) is 5.46. The minimum Gasteiger partial charge on any atom is -0.507 e. The van der Waals surface area contributed by atoms with Gasteiger partial charge in [0.25, 0.3) is 5.91 Å². The Kier molecular flexibility index (Phi) is 5.54. The van der Waals surface area contributed by atoms with Crippen molar-refractivity contribution in [3.63, 3.8) is 0 Å². The number of carbonyl (C=O) groups excluding carboxylic acids is 2. The predicted molar refractivity (Wildman–Crippen MR) is 93.8 cm³/mol. The maximum Gasteiger partial charge on any atom is 0.261 e. The maximum atomic E-state index is 13.8. The van der Waals surface area contributed by atoms with E-state index in [1.807, 2.05) is 0 Å². The third kappa shape index (κ3) is 3.79. The summed E-state index contributed by atoms with van der Waals surface area (Å²) in [6.07, 6.45) is 0. The van der Waals surface area contributed by atoms with Crippen molar-refractivity contribution in [2.75, 3.05) is 0 Å². The molecule has 0 aromatic heterocycles. The highest BCUT2D eigenvalue weighted by molar-refractivity contribution is 6.34. The molecule has 0 heterocycles. The summed E-state index contributed by atoms with van der Waals surface area (Å²) in [5.41, 5.74) is -0.477. The zero-order valence-electron chi connectivity index (χ0n) is 13.4. The van der Waals surface area contributed by atoms with Crippen LogP contribution in [-0.4, -0.2) is 22.9 Å². The number of carbonyl (C=O) groups is 2. The lowest BCUT2D eigenvalue weighted by molar-refractivity contribution is -0.117. The van der Waals surface area contributed by atoms with Crippen molar-refractivity contribution in [1.29, 1.82) is 5.41 Å². The molecule has 4 N–H and O–H groups in total. The van der Waals surface area contributed by atoms with Crippen LogP contribution in [0.5, 0.6) is 5.75 Å². The molecule has 132 valence electrons. The number of phenols is 1. The van der Waals surface area contributed by atoms with Gasteiger partial charge in [0.2, 0.25) is 11.9 Å². The van der Waals surface area contributed by atoms with Gasteiger partial charge in [0.1, 0.15) is 11.6 Å². The van der Waals surface area contributed by atoms with E-state index in [0.717, 1.165) is 19.1 Å². The summed E-state index contributed by atoms with van der Waals surface area (Å²) in [5, 5.41) is 21.5. The fourth-order valence-corrected chi connectivity index (χ4v) is 2.48. The Labute approximate surface area is 152 Å². The van der Waals surface area contributed by atoms with Crippen LogP contribution < -0.4 is 10.6 Å². The number of benzene rings is 2. The monoisotopic (exact) mass is 374 g/mol. The van der Waals surface area contributed by atoms with Gasteiger partial charge in [-0.05, 0) is 17.7 Å². The molecule has 0 atom stereocenters. The van der Waals surface area contributed by atoms with Gasteiger partial charge in [-0.2, -0.15) is 0 Å². The smallest absolute Gasteiger partial charge is 0.261 e. The number of hydrogen-bond donors (Lipinski definition) is 4. The lowest BCUT2D eigenvalue weighted by Gasteiger charge is -2.15. The molecule has 2 amide bonds. The van der Waals surface area contributed by atoms with Crippen LogP contribution >= 0.6 is 11.6 Å². The Bertz CT molecular complexity index is 969. The van der Waals surface area contributed by atoms with Gasteiger partial charge in [0, 0.05) is 12.5 Å². The van der Waals surface area contributed by atoms with E-state index in [-0.39, 0.29) is 27.4 Å². The summed E-state index contributed by atoms with van der Waals surface area (Å²) >= 11 is 5.97. The third-order valence-electron chi connectivity index (χ3n) is 3.27. The number of guanidine groups is 1. The molecule has 26 heavy (non-hydrogen) atoms. The van der Waals surface area contributed by atoms with Crippen LogP contribution in [0.25, 0.3) is 16.0 Å². The second-order valence-electron chi connectivity index (χ2n) is 5.08. The molecule has 2 aromatic carbocycles. The number of hydrogen-bond acceptors (Lipinski definition) is 4. The van der Waals surface area contributed by atoms with Crippen molar-refractivity contribution in [2.45, 2.75) is 6.92 Å². The second kappa shape index (κ2) is 7.63. The van der Waals surface area contributed by atoms with Gasteiger partial charge >= 0.3 is 0 Å². The Morgan fingerprint density at radius 2 is 1.96 bits per heavy atom. The molecule has 0 aliphatic carbocycles. The highest BCUT2D eigenvalue weighted by atomic mass is 35.5. The summed E-state index contributed by atoms with van der Waals surface area (Å²) < 4.78 is 13.8. The van der Waals surface area contributed by atoms with E-state index in [0.29, 0.717) is 0 Å². The normalized spacial score (nSPS) is 9.92. The minimum absolute atomic E-state index is 0.0322. The van der Waals surface area contributed by atoms with E-state index in [4.69, 9.17) is 23.6 Å². The van der Waals surface area contributed by atoms with Crippen LogP contribution in [0.15, 0.2) is 30.3 Å². The Balaban J connectivity index is 2.65. The summed E-state index contributed by atoms with van der Waals surface area (Å²) in [7, 11) is 0. The van der Waals surface area contributed by atoms with Crippen molar-refractivity contribution in [1.82, 2.24) is 10.6 Å². The minimum atomic E-state index is -0.970. The van der Waals surface area contributed by atoms with Gasteiger partial charge in [-0.25, -0.2) is 9.24 Å². The first-order valence-electron chi connectivity index (χ1n) is 7.11. The van der Waals surface area contributed by atoms with Crippen molar-refractivity contribution in [3.8, 4) is 16.9 Å². The van der Waals surface area contributed by atoms with Crippen molar-refractivity contribution in [2.24, 2.45) is 0 Å². The Morgan fingerprint density at radius 3 is 2.58 bits per heavy atom. The average molecular weight is 375 g/mol. The van der Waals surface area contributed by atoms with Crippen LogP contribution in [0.4, 0.5) is 10.1 Å². The van der Waals surface area contributed by atoms with Crippen molar-refractivity contribution < 1.29 is 19.1 Å². The SMILES string of the molecule is [C-]#[N+]c1ccc(O)c(C(=O)NC(=N)NC(C)=O)c1-c1cccc(F)c1Cl. The Hall–Kier alpha value is -3.44. The predicted octanol–water partition coefficient (Wildman–Crippen LogP) is 3.20. The van der Waals surface area contributed by atoms with Crippen LogP contribution in [0.2, 0.25) is 5.02 Å². The van der Waals surface area contributed by atoms with E-state index in [2.05, 4.69) is 15.5 Å². The van der Waals surface area contributed by atoms with Crippen molar-refractivity contribution >= 4 is 35.1 Å². The molecule has 0 radical (unpaired) electrons. The summed E-state index contributed by atoms with van der Waals surface area (Å²) in [6, 6.07) is 6.23. The first-order chi connectivity index (χ1) is 12.3. The average Bonchev–Trinajstić information content (AvgIpc) is 2.56. The largest absolute Gasteiger partial charge is 0.507 e. The van der Waals surface area contributed by atoms with E-state index in [1.54, 1.807) is 0 Å². The number of nitrogens with zero attached hydrogens (tertiary/aromatic N) is 1. The van der Waals surface area contributed by atoms with E-state index >= 15 is 0 Å². The van der Waals surface area contributed by atoms with E-state index in [1.165, 1.54) is 18.2 Å². The van der Waals surface area contributed by atoms with Gasteiger partial charge in [-0.15, -0.1) is 0 Å². The molecule has 0 fully saturated rings. The molecular formula is C17H12ClFN4O3. The highest BCUT2D eigenvalue weighted by Crippen LogP contribution is 2.42. The molecule has 0 bridgehead atoms. The quantitative estimate of drug-likeness (QED) is 0.368. The van der Waals surface area contributed by atoms with Crippen LogP contribution in [-0.2, 0) is 4.79 Å². The van der Waals surface area contributed by atoms with Gasteiger partial charge in [0.15, 0.2) is 5.69 Å². The number of phenolic OH excluding ortho intramolecular Hbond substituents is 1. The number of nitrogens with one attached hydrogen (secondary N) is 3. The van der Waals surface area contributed by atoms with Crippen LogP contribution in [0, 0.1) is 17.8 Å². The van der Waals surface area contributed by atoms with Gasteiger partial charge in [-0.1, -0.05) is 29.8 Å². The molecule has 2 rings (SSSR count). The molecule has 2 aromatic rings. The zero-order chi connectivity index (χ0) is 19.4.